The van der Waals surface area contributed by atoms with Crippen LogP contribution in [0.3, 0.4) is 0 Å². The molecule has 1 N–H and O–H groups in total. The molecule has 0 bridgehead atoms. The van der Waals surface area contributed by atoms with Gasteiger partial charge >= 0.3 is 0 Å². The van der Waals surface area contributed by atoms with E-state index in [-0.39, 0.29) is 18.5 Å². The molecule has 0 radical (unpaired) electrons. The molecular formula is C18H20N2O2. The van der Waals surface area contributed by atoms with Gasteiger partial charge in [-0.1, -0.05) is 36.4 Å². The summed E-state index contributed by atoms with van der Waals surface area (Å²) < 4.78 is 5.29. The molecule has 0 spiro atoms. The first-order valence-corrected chi connectivity index (χ1v) is 7.45. The van der Waals surface area contributed by atoms with Gasteiger partial charge in [0.05, 0.1) is 25.4 Å². The standard InChI is InChI=1S/C18H20N2O2/c1-13-15-8-4-3-7-14(15)12-20(13)18(21)11-19-16-9-5-6-10-17(16)22-2/h3-10,13,19H,11-12H2,1-2H3/t13-/m1/s1. The minimum Gasteiger partial charge on any atom is -0.495 e. The van der Waals surface area contributed by atoms with Gasteiger partial charge in [0.25, 0.3) is 0 Å². The SMILES string of the molecule is COc1ccccc1NCC(=O)N1Cc2ccccc2[C@H]1C. The fourth-order valence-corrected chi connectivity index (χ4v) is 2.94. The molecular weight excluding hydrogens is 276 g/mol. The molecule has 0 saturated carbocycles. The molecule has 0 saturated heterocycles. The quantitative estimate of drug-likeness (QED) is 0.942. The molecule has 1 aliphatic rings. The van der Waals surface area contributed by atoms with E-state index in [4.69, 9.17) is 4.74 Å². The normalized spacial score (nSPS) is 16.3. The van der Waals surface area contributed by atoms with Gasteiger partial charge in [-0.3, -0.25) is 4.79 Å². The molecule has 1 heterocycles. The molecule has 0 aliphatic carbocycles. The van der Waals surface area contributed by atoms with Crippen LogP contribution >= 0.6 is 0 Å². The van der Waals surface area contributed by atoms with Gasteiger partial charge in [-0.2, -0.15) is 0 Å². The van der Waals surface area contributed by atoms with E-state index in [1.165, 1.54) is 11.1 Å². The van der Waals surface area contributed by atoms with Crippen LogP contribution in [0.25, 0.3) is 0 Å². The van der Waals surface area contributed by atoms with Crippen molar-refractivity contribution in [1.82, 2.24) is 4.90 Å². The molecule has 4 heteroatoms. The minimum atomic E-state index is 0.0922. The van der Waals surface area contributed by atoms with Crippen LogP contribution in [-0.2, 0) is 11.3 Å². The average Bonchev–Trinajstić information content (AvgIpc) is 2.90. The lowest BCUT2D eigenvalue weighted by atomic mass is 10.1. The highest BCUT2D eigenvalue weighted by Crippen LogP contribution is 2.33. The van der Waals surface area contributed by atoms with E-state index in [0.29, 0.717) is 6.54 Å². The number of para-hydroxylation sites is 2. The minimum absolute atomic E-state index is 0.0922. The topological polar surface area (TPSA) is 41.6 Å². The number of ether oxygens (including phenoxy) is 1. The number of carbonyl (C=O) groups is 1. The van der Waals surface area contributed by atoms with E-state index in [1.54, 1.807) is 7.11 Å². The Labute approximate surface area is 130 Å². The zero-order chi connectivity index (χ0) is 15.5. The summed E-state index contributed by atoms with van der Waals surface area (Å²) in [7, 11) is 1.63. The van der Waals surface area contributed by atoms with Gasteiger partial charge in [-0.25, -0.2) is 0 Å². The summed E-state index contributed by atoms with van der Waals surface area (Å²) >= 11 is 0. The maximum Gasteiger partial charge on any atom is 0.242 e. The van der Waals surface area contributed by atoms with Crippen LogP contribution in [0.4, 0.5) is 5.69 Å². The van der Waals surface area contributed by atoms with E-state index in [0.717, 1.165) is 11.4 Å². The predicted octanol–water partition coefficient (Wildman–Crippen LogP) is 3.21. The highest BCUT2D eigenvalue weighted by molar-refractivity contribution is 5.82. The summed E-state index contributed by atoms with van der Waals surface area (Å²) in [5.74, 6) is 0.836. The van der Waals surface area contributed by atoms with E-state index in [2.05, 4.69) is 24.4 Å². The number of methoxy groups -OCH3 is 1. The summed E-state index contributed by atoms with van der Waals surface area (Å²) in [4.78, 5) is 14.4. The van der Waals surface area contributed by atoms with Gasteiger partial charge in [0.15, 0.2) is 0 Å². The molecule has 0 aromatic heterocycles. The van der Waals surface area contributed by atoms with E-state index in [9.17, 15) is 4.79 Å². The van der Waals surface area contributed by atoms with Gasteiger partial charge < -0.3 is 15.0 Å². The molecule has 3 rings (SSSR count). The van der Waals surface area contributed by atoms with Crippen LogP contribution < -0.4 is 10.1 Å². The number of anilines is 1. The van der Waals surface area contributed by atoms with E-state index < -0.39 is 0 Å². The molecule has 0 unspecified atom stereocenters. The zero-order valence-electron chi connectivity index (χ0n) is 12.9. The Bertz CT molecular complexity index is 684. The van der Waals surface area contributed by atoms with Crippen LogP contribution in [0.5, 0.6) is 5.75 Å². The first-order chi connectivity index (χ1) is 10.7. The first-order valence-electron chi connectivity index (χ1n) is 7.45. The number of benzene rings is 2. The molecule has 2 aromatic carbocycles. The molecule has 2 aromatic rings. The lowest BCUT2D eigenvalue weighted by Crippen LogP contribution is -2.33. The Morgan fingerprint density at radius 3 is 2.73 bits per heavy atom. The fourth-order valence-electron chi connectivity index (χ4n) is 2.94. The third kappa shape index (κ3) is 2.64. The van der Waals surface area contributed by atoms with E-state index >= 15 is 0 Å². The van der Waals surface area contributed by atoms with Crippen molar-refractivity contribution in [2.24, 2.45) is 0 Å². The van der Waals surface area contributed by atoms with Gasteiger partial charge in [0.2, 0.25) is 5.91 Å². The highest BCUT2D eigenvalue weighted by atomic mass is 16.5. The second-order valence-corrected chi connectivity index (χ2v) is 5.45. The molecule has 114 valence electrons. The number of amides is 1. The number of hydrogen-bond donors (Lipinski definition) is 1. The molecule has 4 nitrogen and oxygen atoms in total. The van der Waals surface area contributed by atoms with Gasteiger partial charge in [0, 0.05) is 6.54 Å². The van der Waals surface area contributed by atoms with Gasteiger partial charge in [0.1, 0.15) is 5.75 Å². The number of hydrogen-bond acceptors (Lipinski definition) is 3. The van der Waals surface area contributed by atoms with Crippen molar-refractivity contribution in [3.05, 3.63) is 59.7 Å². The van der Waals surface area contributed by atoms with Gasteiger partial charge in [-0.15, -0.1) is 0 Å². The summed E-state index contributed by atoms with van der Waals surface area (Å²) in [5.41, 5.74) is 3.32. The summed E-state index contributed by atoms with van der Waals surface area (Å²) in [5, 5.41) is 3.17. The Kier molecular flexibility index (Phi) is 4.00. The number of carbonyl (C=O) groups excluding carboxylic acids is 1. The Morgan fingerprint density at radius 1 is 1.23 bits per heavy atom. The lowest BCUT2D eigenvalue weighted by Gasteiger charge is -2.22. The maximum absolute atomic E-state index is 12.5. The molecule has 0 fully saturated rings. The van der Waals surface area contributed by atoms with Crippen molar-refractivity contribution in [2.45, 2.75) is 19.5 Å². The molecule has 1 amide bonds. The average molecular weight is 296 g/mol. The largest absolute Gasteiger partial charge is 0.495 e. The van der Waals surface area contributed by atoms with Crippen molar-refractivity contribution in [1.29, 1.82) is 0 Å². The van der Waals surface area contributed by atoms with Crippen molar-refractivity contribution in [3.63, 3.8) is 0 Å². The Balaban J connectivity index is 1.66. The third-order valence-corrected chi connectivity index (χ3v) is 4.17. The van der Waals surface area contributed by atoms with Crippen LogP contribution in [0, 0.1) is 0 Å². The van der Waals surface area contributed by atoms with Crippen LogP contribution in [-0.4, -0.2) is 24.5 Å². The van der Waals surface area contributed by atoms with E-state index in [1.807, 2.05) is 41.3 Å². The fraction of sp³-hybridized carbons (Fsp3) is 0.278. The zero-order valence-corrected chi connectivity index (χ0v) is 12.9. The van der Waals surface area contributed by atoms with Crippen LogP contribution in [0.1, 0.15) is 24.1 Å². The number of nitrogens with one attached hydrogen (secondary N) is 1. The summed E-state index contributed by atoms with van der Waals surface area (Å²) in [6.07, 6.45) is 0. The Hall–Kier alpha value is -2.49. The summed E-state index contributed by atoms with van der Waals surface area (Å²) in [6, 6.07) is 16.0. The number of rotatable bonds is 4. The maximum atomic E-state index is 12.5. The van der Waals surface area contributed by atoms with Crippen molar-refractivity contribution in [3.8, 4) is 5.75 Å². The monoisotopic (exact) mass is 296 g/mol. The first kappa shape index (κ1) is 14.4. The third-order valence-electron chi connectivity index (χ3n) is 4.17. The van der Waals surface area contributed by atoms with Crippen LogP contribution in [0.15, 0.2) is 48.5 Å². The Morgan fingerprint density at radius 2 is 1.95 bits per heavy atom. The summed E-state index contributed by atoms with van der Waals surface area (Å²) in [6.45, 7) is 3.02. The van der Waals surface area contributed by atoms with Crippen LogP contribution in [0.2, 0.25) is 0 Å². The van der Waals surface area contributed by atoms with Crippen molar-refractivity contribution < 1.29 is 9.53 Å². The molecule has 22 heavy (non-hydrogen) atoms. The second kappa shape index (κ2) is 6.10. The highest BCUT2D eigenvalue weighted by Gasteiger charge is 2.29. The van der Waals surface area contributed by atoms with Crippen molar-refractivity contribution in [2.75, 3.05) is 19.0 Å². The predicted molar refractivity (Wildman–Crippen MR) is 86.9 cm³/mol. The molecule has 1 atom stereocenters. The second-order valence-electron chi connectivity index (χ2n) is 5.45. The van der Waals surface area contributed by atoms with Crippen molar-refractivity contribution >= 4 is 11.6 Å². The lowest BCUT2D eigenvalue weighted by molar-refractivity contribution is -0.131. The van der Waals surface area contributed by atoms with Gasteiger partial charge in [-0.05, 0) is 30.2 Å². The number of fused-ring (bicyclic) bond motifs is 1. The number of nitrogens with zero attached hydrogens (tertiary/aromatic N) is 1. The molecule has 1 aliphatic heterocycles. The smallest absolute Gasteiger partial charge is 0.242 e.